The molecule has 0 aliphatic heterocycles. The molecule has 166 valence electrons. The van der Waals surface area contributed by atoms with Gasteiger partial charge in [0.15, 0.2) is 0 Å². The average molecular weight is 400 g/mol. The maximum absolute atomic E-state index is 3.57. The first-order valence-electron chi connectivity index (χ1n) is 13.2. The average Bonchev–Trinajstić information content (AvgIpc) is 3.04. The van der Waals surface area contributed by atoms with Crippen LogP contribution in [-0.4, -0.2) is 13.1 Å². The quantitative estimate of drug-likeness (QED) is 0.453. The molecule has 3 saturated carbocycles. The van der Waals surface area contributed by atoms with E-state index in [4.69, 9.17) is 0 Å². The number of allylic oxidation sites excluding steroid dienone is 1. The van der Waals surface area contributed by atoms with Crippen LogP contribution in [0.15, 0.2) is 11.6 Å². The molecule has 29 heavy (non-hydrogen) atoms. The van der Waals surface area contributed by atoms with Crippen molar-refractivity contribution in [2.24, 2.45) is 46.3 Å². The van der Waals surface area contributed by atoms with Gasteiger partial charge in [0.1, 0.15) is 0 Å². The highest BCUT2D eigenvalue weighted by atomic mass is 14.9. The molecule has 0 amide bonds. The summed E-state index contributed by atoms with van der Waals surface area (Å²) < 4.78 is 0. The molecule has 4 unspecified atom stereocenters. The minimum Gasteiger partial charge on any atom is -0.317 e. The lowest BCUT2D eigenvalue weighted by molar-refractivity contribution is -0.0513. The van der Waals surface area contributed by atoms with E-state index in [2.05, 4.69) is 53.1 Å². The Labute approximate surface area is 181 Å². The minimum absolute atomic E-state index is 0.512. The van der Waals surface area contributed by atoms with E-state index < -0.39 is 0 Å². The van der Waals surface area contributed by atoms with Crippen LogP contribution < -0.4 is 5.32 Å². The van der Waals surface area contributed by atoms with Crippen molar-refractivity contribution in [3.05, 3.63) is 11.6 Å². The first-order chi connectivity index (χ1) is 13.8. The van der Waals surface area contributed by atoms with Crippen LogP contribution in [0.25, 0.3) is 0 Å². The SMILES string of the molecule is CN[C@H]1CCC2(C)C(=CC[C@@H]3C2CCC2(C)C([C@H](C)CCCC(C)C)CC[C@@H]32)C1. The van der Waals surface area contributed by atoms with Gasteiger partial charge in [0.2, 0.25) is 0 Å². The molecule has 8 atom stereocenters. The van der Waals surface area contributed by atoms with E-state index in [0.29, 0.717) is 10.8 Å². The summed E-state index contributed by atoms with van der Waals surface area (Å²) in [5.41, 5.74) is 2.96. The first-order valence-corrected chi connectivity index (χ1v) is 13.2. The zero-order valence-electron chi connectivity index (χ0n) is 20.4. The van der Waals surface area contributed by atoms with Crippen LogP contribution in [0.1, 0.15) is 105 Å². The normalized spacial score (nSPS) is 45.3. The molecule has 0 spiro atoms. The second-order valence-corrected chi connectivity index (χ2v) is 12.5. The summed E-state index contributed by atoms with van der Waals surface area (Å²) >= 11 is 0. The Morgan fingerprint density at radius 1 is 1.00 bits per heavy atom. The standard InChI is InChI=1S/C28H49N/c1-19(2)8-7-9-20(3)24-12-13-25-23-11-10-21-18-22(29-6)14-16-27(21,4)26(23)15-17-28(24,25)5/h10,19-20,22-26,29H,7-9,11-18H2,1-6H3/t20-,22+,23+,24?,25+,26?,27?,28?/m1/s1. The third kappa shape index (κ3) is 3.77. The molecule has 1 N–H and O–H groups in total. The molecule has 0 heterocycles. The highest BCUT2D eigenvalue weighted by Crippen LogP contribution is 2.67. The van der Waals surface area contributed by atoms with E-state index >= 15 is 0 Å². The molecule has 0 saturated heterocycles. The van der Waals surface area contributed by atoms with Crippen LogP contribution in [-0.2, 0) is 0 Å². The molecule has 1 nitrogen and oxygen atoms in total. The molecule has 4 rings (SSSR count). The van der Waals surface area contributed by atoms with Gasteiger partial charge in [0, 0.05) is 6.04 Å². The van der Waals surface area contributed by atoms with Gasteiger partial charge in [-0.05, 0) is 105 Å². The lowest BCUT2D eigenvalue weighted by Crippen LogP contribution is -2.51. The fraction of sp³-hybridized carbons (Fsp3) is 0.929. The molecule has 0 aromatic carbocycles. The van der Waals surface area contributed by atoms with Crippen molar-refractivity contribution in [1.29, 1.82) is 0 Å². The third-order valence-electron chi connectivity index (χ3n) is 10.7. The van der Waals surface area contributed by atoms with E-state index in [9.17, 15) is 0 Å². The molecule has 0 bridgehead atoms. The fourth-order valence-electron chi connectivity index (χ4n) is 8.93. The van der Waals surface area contributed by atoms with Crippen molar-refractivity contribution in [3.8, 4) is 0 Å². The summed E-state index contributed by atoms with van der Waals surface area (Å²) in [6.45, 7) is 12.8. The molecule has 3 fully saturated rings. The summed E-state index contributed by atoms with van der Waals surface area (Å²) in [6.07, 6.45) is 18.6. The number of hydrogen-bond acceptors (Lipinski definition) is 1. The molecule has 0 aromatic rings. The molecule has 0 aromatic heterocycles. The summed E-state index contributed by atoms with van der Waals surface area (Å²) in [5.74, 6) is 5.72. The number of rotatable bonds is 6. The van der Waals surface area contributed by atoms with Crippen molar-refractivity contribution in [2.45, 2.75) is 111 Å². The Morgan fingerprint density at radius 2 is 1.79 bits per heavy atom. The van der Waals surface area contributed by atoms with Crippen LogP contribution in [0.4, 0.5) is 0 Å². The van der Waals surface area contributed by atoms with Gasteiger partial charge in [-0.1, -0.05) is 65.5 Å². The Balaban J connectivity index is 1.48. The topological polar surface area (TPSA) is 12.0 Å². The summed E-state index contributed by atoms with van der Waals surface area (Å²) in [5, 5.41) is 3.57. The van der Waals surface area contributed by atoms with Crippen LogP contribution in [0.2, 0.25) is 0 Å². The molecule has 1 heteroatoms. The highest BCUT2D eigenvalue weighted by Gasteiger charge is 2.59. The minimum atomic E-state index is 0.512. The largest absolute Gasteiger partial charge is 0.317 e. The highest BCUT2D eigenvalue weighted by molar-refractivity contribution is 5.25. The molecule has 4 aliphatic rings. The predicted molar refractivity (Wildman–Crippen MR) is 126 cm³/mol. The zero-order valence-corrected chi connectivity index (χ0v) is 20.4. The van der Waals surface area contributed by atoms with Gasteiger partial charge in [-0.3, -0.25) is 0 Å². The van der Waals surface area contributed by atoms with Gasteiger partial charge >= 0.3 is 0 Å². The molecule has 0 radical (unpaired) electrons. The maximum atomic E-state index is 3.57. The number of nitrogens with one attached hydrogen (secondary N) is 1. The van der Waals surface area contributed by atoms with Crippen LogP contribution in [0.3, 0.4) is 0 Å². The summed E-state index contributed by atoms with van der Waals surface area (Å²) in [4.78, 5) is 0. The van der Waals surface area contributed by atoms with E-state index in [-0.39, 0.29) is 0 Å². The lowest BCUT2D eigenvalue weighted by atomic mass is 9.47. The van der Waals surface area contributed by atoms with E-state index in [1.165, 1.54) is 70.6 Å². The van der Waals surface area contributed by atoms with Crippen molar-refractivity contribution in [3.63, 3.8) is 0 Å². The van der Waals surface area contributed by atoms with Crippen LogP contribution in [0.5, 0.6) is 0 Å². The van der Waals surface area contributed by atoms with E-state index in [1.807, 2.05) is 5.57 Å². The van der Waals surface area contributed by atoms with Crippen molar-refractivity contribution in [2.75, 3.05) is 7.05 Å². The fourth-order valence-corrected chi connectivity index (χ4v) is 8.93. The smallest absolute Gasteiger partial charge is 0.0102 e. The Hall–Kier alpha value is -0.300. The zero-order chi connectivity index (χ0) is 20.8. The second-order valence-electron chi connectivity index (χ2n) is 12.5. The van der Waals surface area contributed by atoms with Gasteiger partial charge in [-0.2, -0.15) is 0 Å². The third-order valence-corrected chi connectivity index (χ3v) is 10.7. The van der Waals surface area contributed by atoms with Gasteiger partial charge in [0.25, 0.3) is 0 Å². The molecular formula is C28H49N. The summed E-state index contributed by atoms with van der Waals surface area (Å²) in [7, 11) is 2.16. The van der Waals surface area contributed by atoms with Crippen molar-refractivity contribution >= 4 is 0 Å². The first kappa shape index (κ1) is 21.9. The molecular weight excluding hydrogens is 350 g/mol. The number of hydrogen-bond donors (Lipinski definition) is 1. The number of fused-ring (bicyclic) bond motifs is 5. The molecule has 4 aliphatic carbocycles. The van der Waals surface area contributed by atoms with Gasteiger partial charge in [-0.15, -0.1) is 0 Å². The van der Waals surface area contributed by atoms with Crippen molar-refractivity contribution < 1.29 is 0 Å². The van der Waals surface area contributed by atoms with Crippen LogP contribution in [0, 0.1) is 46.3 Å². The van der Waals surface area contributed by atoms with Crippen LogP contribution >= 0.6 is 0 Å². The van der Waals surface area contributed by atoms with Crippen molar-refractivity contribution in [1.82, 2.24) is 5.32 Å². The Morgan fingerprint density at radius 3 is 2.52 bits per heavy atom. The predicted octanol–water partition coefficient (Wildman–Crippen LogP) is 7.62. The maximum Gasteiger partial charge on any atom is 0.0102 e. The second kappa shape index (κ2) is 8.33. The summed E-state index contributed by atoms with van der Waals surface area (Å²) in [6, 6.07) is 0.724. The Kier molecular flexibility index (Phi) is 6.29. The Bertz CT molecular complexity index is 605. The monoisotopic (exact) mass is 399 g/mol. The van der Waals surface area contributed by atoms with Gasteiger partial charge in [-0.25, -0.2) is 0 Å². The van der Waals surface area contributed by atoms with Gasteiger partial charge in [0.05, 0.1) is 0 Å². The van der Waals surface area contributed by atoms with Gasteiger partial charge < -0.3 is 5.32 Å². The van der Waals surface area contributed by atoms with E-state index in [1.54, 1.807) is 0 Å². The van der Waals surface area contributed by atoms with E-state index in [0.717, 1.165) is 41.5 Å². The lowest BCUT2D eigenvalue weighted by Gasteiger charge is -2.58.